The maximum absolute atomic E-state index is 13.0. The van der Waals surface area contributed by atoms with Crippen LogP contribution >= 0.6 is 0 Å². The second kappa shape index (κ2) is 3.96. The maximum atomic E-state index is 13.0. The van der Waals surface area contributed by atoms with Gasteiger partial charge < -0.3 is 10.1 Å². The van der Waals surface area contributed by atoms with E-state index in [1.165, 1.54) is 18.2 Å². The number of aromatic amines is 1. The number of rotatable bonds is 2. The molecule has 1 heterocycles. The van der Waals surface area contributed by atoms with Crippen LogP contribution in [0.4, 0.5) is 4.39 Å². The first-order chi connectivity index (χ1) is 7.63. The molecule has 1 aromatic heterocycles. The van der Waals surface area contributed by atoms with Crippen LogP contribution in [0.5, 0.6) is 5.75 Å². The maximum Gasteiger partial charge on any atom is 0.255 e. The third-order valence-corrected chi connectivity index (χ3v) is 2.54. The summed E-state index contributed by atoms with van der Waals surface area (Å²) in [4.78, 5) is 14.2. The Bertz CT molecular complexity index is 589. The van der Waals surface area contributed by atoms with Gasteiger partial charge in [0.05, 0.1) is 11.1 Å². The molecule has 0 amide bonds. The average Bonchev–Trinajstić information content (AvgIpc) is 2.26. The first kappa shape index (κ1) is 10.7. The lowest BCUT2D eigenvalue weighted by molar-refractivity contribution is 0.472. The lowest BCUT2D eigenvalue weighted by Gasteiger charge is -2.06. The summed E-state index contributed by atoms with van der Waals surface area (Å²) in [6.07, 6.45) is 1.23. The van der Waals surface area contributed by atoms with Crippen molar-refractivity contribution in [1.82, 2.24) is 4.98 Å². The lowest BCUT2D eigenvalue weighted by atomic mass is 10.1. The van der Waals surface area contributed by atoms with Crippen LogP contribution in [0.25, 0.3) is 10.9 Å². The van der Waals surface area contributed by atoms with Crippen molar-refractivity contribution in [3.8, 4) is 5.75 Å². The molecule has 0 atom stereocenters. The topological polar surface area (TPSA) is 53.1 Å². The molecule has 2 rings (SSSR count). The van der Waals surface area contributed by atoms with Gasteiger partial charge in [-0.1, -0.05) is 13.3 Å². The largest absolute Gasteiger partial charge is 0.507 e. The molecule has 0 aliphatic rings. The van der Waals surface area contributed by atoms with Crippen LogP contribution < -0.4 is 5.56 Å². The van der Waals surface area contributed by atoms with Gasteiger partial charge in [0.2, 0.25) is 0 Å². The smallest absolute Gasteiger partial charge is 0.255 e. The molecule has 0 spiro atoms. The van der Waals surface area contributed by atoms with Crippen molar-refractivity contribution < 1.29 is 9.50 Å². The standard InChI is InChI=1S/C12H12FNO2/c1-2-3-8-11(15)9-6-7(13)4-5-10(9)14-12(8)16/h4-6H,2-3H2,1H3,(H2,14,15,16). The molecule has 2 N–H and O–H groups in total. The van der Waals surface area contributed by atoms with E-state index in [0.717, 1.165) is 6.42 Å². The number of pyridine rings is 1. The Kier molecular flexibility index (Phi) is 2.64. The number of aromatic hydroxyl groups is 1. The first-order valence-corrected chi connectivity index (χ1v) is 5.17. The van der Waals surface area contributed by atoms with Crippen LogP contribution in [-0.4, -0.2) is 10.1 Å². The van der Waals surface area contributed by atoms with E-state index in [4.69, 9.17) is 0 Å². The van der Waals surface area contributed by atoms with E-state index < -0.39 is 5.82 Å². The number of H-pyrrole nitrogens is 1. The third kappa shape index (κ3) is 1.66. The zero-order valence-corrected chi connectivity index (χ0v) is 8.88. The highest BCUT2D eigenvalue weighted by atomic mass is 19.1. The fourth-order valence-corrected chi connectivity index (χ4v) is 1.77. The van der Waals surface area contributed by atoms with Gasteiger partial charge in [-0.05, 0) is 24.6 Å². The number of benzene rings is 1. The third-order valence-electron chi connectivity index (χ3n) is 2.54. The Morgan fingerprint density at radius 3 is 2.88 bits per heavy atom. The summed E-state index contributed by atoms with van der Waals surface area (Å²) in [6, 6.07) is 3.92. The molecular formula is C12H12FNO2. The predicted octanol–water partition coefficient (Wildman–Crippen LogP) is 2.33. The van der Waals surface area contributed by atoms with Gasteiger partial charge in [0.1, 0.15) is 11.6 Å². The molecule has 0 bridgehead atoms. The van der Waals surface area contributed by atoms with Gasteiger partial charge in [0.25, 0.3) is 5.56 Å². The first-order valence-electron chi connectivity index (χ1n) is 5.17. The van der Waals surface area contributed by atoms with E-state index in [9.17, 15) is 14.3 Å². The number of hydrogen-bond donors (Lipinski definition) is 2. The summed E-state index contributed by atoms with van der Waals surface area (Å²) in [5.41, 5.74) is 0.461. The van der Waals surface area contributed by atoms with Crippen LogP contribution in [0.3, 0.4) is 0 Å². The summed E-state index contributed by atoms with van der Waals surface area (Å²) in [5, 5.41) is 10.2. The summed E-state index contributed by atoms with van der Waals surface area (Å²) >= 11 is 0. The van der Waals surface area contributed by atoms with Gasteiger partial charge in [-0.2, -0.15) is 0 Å². The fraction of sp³-hybridized carbons (Fsp3) is 0.250. The molecule has 0 unspecified atom stereocenters. The fourth-order valence-electron chi connectivity index (χ4n) is 1.77. The quantitative estimate of drug-likeness (QED) is 0.817. The number of hydrogen-bond acceptors (Lipinski definition) is 2. The highest BCUT2D eigenvalue weighted by Crippen LogP contribution is 2.25. The number of aromatic nitrogens is 1. The highest BCUT2D eigenvalue weighted by Gasteiger charge is 2.11. The van der Waals surface area contributed by atoms with Crippen molar-refractivity contribution in [2.45, 2.75) is 19.8 Å². The lowest BCUT2D eigenvalue weighted by Crippen LogP contribution is -2.12. The van der Waals surface area contributed by atoms with Crippen LogP contribution in [0.1, 0.15) is 18.9 Å². The minimum atomic E-state index is -0.433. The van der Waals surface area contributed by atoms with Crippen molar-refractivity contribution in [2.24, 2.45) is 0 Å². The Morgan fingerprint density at radius 1 is 1.44 bits per heavy atom. The van der Waals surface area contributed by atoms with Crippen molar-refractivity contribution in [1.29, 1.82) is 0 Å². The van der Waals surface area contributed by atoms with Gasteiger partial charge in [0.15, 0.2) is 0 Å². The Hall–Kier alpha value is -1.84. The molecule has 2 aromatic rings. The van der Waals surface area contributed by atoms with Crippen molar-refractivity contribution in [3.05, 3.63) is 39.9 Å². The molecule has 1 aromatic carbocycles. The molecule has 0 saturated heterocycles. The normalized spacial score (nSPS) is 10.9. The summed E-state index contributed by atoms with van der Waals surface area (Å²) in [6.45, 7) is 1.91. The molecule has 4 heteroatoms. The molecule has 0 aliphatic carbocycles. The van der Waals surface area contributed by atoms with E-state index in [-0.39, 0.29) is 11.3 Å². The van der Waals surface area contributed by atoms with Crippen LogP contribution in [-0.2, 0) is 6.42 Å². The van der Waals surface area contributed by atoms with E-state index in [1.807, 2.05) is 6.92 Å². The number of halogens is 1. The number of fused-ring (bicyclic) bond motifs is 1. The molecule has 0 fully saturated rings. The molecule has 0 saturated carbocycles. The summed E-state index contributed by atoms with van der Waals surface area (Å²) in [5.74, 6) is -0.544. The molecule has 0 aliphatic heterocycles. The monoisotopic (exact) mass is 221 g/mol. The van der Waals surface area contributed by atoms with E-state index in [2.05, 4.69) is 4.98 Å². The highest BCUT2D eigenvalue weighted by molar-refractivity contribution is 5.85. The van der Waals surface area contributed by atoms with Crippen molar-refractivity contribution >= 4 is 10.9 Å². The molecule has 3 nitrogen and oxygen atoms in total. The van der Waals surface area contributed by atoms with Gasteiger partial charge in [-0.25, -0.2) is 4.39 Å². The summed E-state index contributed by atoms with van der Waals surface area (Å²) in [7, 11) is 0. The zero-order valence-electron chi connectivity index (χ0n) is 8.88. The Labute approximate surface area is 91.5 Å². The van der Waals surface area contributed by atoms with Gasteiger partial charge in [0, 0.05) is 5.39 Å². The van der Waals surface area contributed by atoms with E-state index >= 15 is 0 Å². The molecule has 16 heavy (non-hydrogen) atoms. The van der Waals surface area contributed by atoms with Gasteiger partial charge in [-0.15, -0.1) is 0 Å². The zero-order chi connectivity index (χ0) is 11.7. The number of nitrogens with one attached hydrogen (secondary N) is 1. The second-order valence-corrected chi connectivity index (χ2v) is 3.72. The Balaban J connectivity index is 2.79. The van der Waals surface area contributed by atoms with E-state index in [0.29, 0.717) is 22.9 Å². The van der Waals surface area contributed by atoms with Crippen molar-refractivity contribution in [3.63, 3.8) is 0 Å². The molecule has 84 valence electrons. The van der Waals surface area contributed by atoms with Crippen molar-refractivity contribution in [2.75, 3.05) is 0 Å². The second-order valence-electron chi connectivity index (χ2n) is 3.72. The minimum Gasteiger partial charge on any atom is -0.507 e. The van der Waals surface area contributed by atoms with Crippen LogP contribution in [0, 0.1) is 5.82 Å². The predicted molar refractivity (Wildman–Crippen MR) is 60.2 cm³/mol. The Morgan fingerprint density at radius 2 is 2.19 bits per heavy atom. The van der Waals surface area contributed by atoms with Crippen LogP contribution in [0.15, 0.2) is 23.0 Å². The van der Waals surface area contributed by atoms with Gasteiger partial charge in [-0.3, -0.25) is 4.79 Å². The van der Waals surface area contributed by atoms with Crippen LogP contribution in [0.2, 0.25) is 0 Å². The SMILES string of the molecule is CCCc1c(O)c2cc(F)ccc2[nH]c1=O. The van der Waals surface area contributed by atoms with Gasteiger partial charge >= 0.3 is 0 Å². The van der Waals surface area contributed by atoms with E-state index in [1.54, 1.807) is 0 Å². The summed E-state index contributed by atoms with van der Waals surface area (Å²) < 4.78 is 13.0. The molecule has 0 radical (unpaired) electrons. The average molecular weight is 221 g/mol. The minimum absolute atomic E-state index is 0.111. The molecular weight excluding hydrogens is 209 g/mol.